The molecule has 3 heterocycles. The summed E-state index contributed by atoms with van der Waals surface area (Å²) < 4.78 is 4.02. The molecule has 1 aromatic carbocycles. The Morgan fingerprint density at radius 2 is 1.83 bits per heavy atom. The van der Waals surface area contributed by atoms with Gasteiger partial charge in [0.2, 0.25) is 11.9 Å². The van der Waals surface area contributed by atoms with Crippen LogP contribution in [0.4, 0.5) is 11.6 Å². The van der Waals surface area contributed by atoms with Crippen molar-refractivity contribution in [2.45, 2.75) is 33.9 Å². The number of anilines is 2. The molecular formula is C20H24N6O3. The van der Waals surface area contributed by atoms with Crippen molar-refractivity contribution in [2.75, 3.05) is 11.4 Å². The Hall–Kier alpha value is -3.36. The third-order valence-electron chi connectivity index (χ3n) is 5.27. The van der Waals surface area contributed by atoms with Crippen molar-refractivity contribution in [1.82, 2.24) is 18.7 Å². The van der Waals surface area contributed by atoms with E-state index in [4.69, 9.17) is 5.73 Å². The maximum atomic E-state index is 13.1. The van der Waals surface area contributed by atoms with Crippen LogP contribution in [0.3, 0.4) is 0 Å². The van der Waals surface area contributed by atoms with Crippen molar-refractivity contribution in [3.05, 3.63) is 50.2 Å². The molecule has 9 heteroatoms. The summed E-state index contributed by atoms with van der Waals surface area (Å²) in [5, 5.41) is 0. The number of carbonyl (C=O) groups is 1. The van der Waals surface area contributed by atoms with Gasteiger partial charge >= 0.3 is 5.69 Å². The Morgan fingerprint density at radius 3 is 2.45 bits per heavy atom. The molecule has 1 aliphatic rings. The van der Waals surface area contributed by atoms with Crippen LogP contribution in [-0.2, 0) is 24.9 Å². The molecule has 0 aliphatic carbocycles. The van der Waals surface area contributed by atoms with Crippen LogP contribution in [0.2, 0.25) is 0 Å². The number of benzene rings is 1. The number of hydrogen-bond acceptors (Lipinski definition) is 5. The third kappa shape index (κ3) is 3.02. The van der Waals surface area contributed by atoms with Crippen LogP contribution in [-0.4, -0.2) is 31.1 Å². The molecule has 0 saturated heterocycles. The topological polar surface area (TPSA) is 108 Å². The summed E-state index contributed by atoms with van der Waals surface area (Å²) in [6.07, 6.45) is 0. The Balaban J connectivity index is 2.02. The smallest absolute Gasteiger partial charge is 0.332 e. The molecule has 0 fully saturated rings. The van der Waals surface area contributed by atoms with Gasteiger partial charge < -0.3 is 15.2 Å². The Labute approximate surface area is 167 Å². The predicted molar refractivity (Wildman–Crippen MR) is 111 cm³/mol. The fourth-order valence-electron chi connectivity index (χ4n) is 4.12. The predicted octanol–water partition coefficient (Wildman–Crippen LogP) is 0.787. The van der Waals surface area contributed by atoms with Gasteiger partial charge in [0.25, 0.3) is 5.56 Å². The molecule has 1 atom stereocenters. The van der Waals surface area contributed by atoms with E-state index in [0.29, 0.717) is 23.7 Å². The summed E-state index contributed by atoms with van der Waals surface area (Å²) in [6.45, 7) is 7.07. The second-order valence-electron chi connectivity index (χ2n) is 7.96. The summed E-state index contributed by atoms with van der Waals surface area (Å²) >= 11 is 0. The minimum absolute atomic E-state index is 0.252. The van der Waals surface area contributed by atoms with E-state index in [0.717, 1.165) is 27.9 Å². The molecule has 1 amide bonds. The van der Waals surface area contributed by atoms with Crippen LogP contribution in [0.15, 0.2) is 27.8 Å². The van der Waals surface area contributed by atoms with Crippen molar-refractivity contribution in [1.29, 1.82) is 0 Å². The van der Waals surface area contributed by atoms with Gasteiger partial charge in [-0.3, -0.25) is 14.2 Å². The lowest BCUT2D eigenvalue weighted by Gasteiger charge is -2.33. The molecule has 4 rings (SSSR count). The average Bonchev–Trinajstić information content (AvgIpc) is 3.01. The first-order chi connectivity index (χ1) is 13.7. The van der Waals surface area contributed by atoms with E-state index in [-0.39, 0.29) is 5.92 Å². The molecule has 2 aromatic heterocycles. The van der Waals surface area contributed by atoms with Gasteiger partial charge in [-0.2, -0.15) is 4.98 Å². The number of hydrogen-bond donors (Lipinski definition) is 1. The second kappa shape index (κ2) is 6.61. The van der Waals surface area contributed by atoms with Crippen LogP contribution in [0.25, 0.3) is 11.2 Å². The highest BCUT2D eigenvalue weighted by atomic mass is 16.2. The van der Waals surface area contributed by atoms with Gasteiger partial charge in [-0.25, -0.2) is 9.36 Å². The van der Waals surface area contributed by atoms with Crippen LogP contribution >= 0.6 is 0 Å². The Kier molecular flexibility index (Phi) is 4.33. The van der Waals surface area contributed by atoms with E-state index in [1.807, 2.05) is 18.4 Å². The number of imidazole rings is 1. The summed E-state index contributed by atoms with van der Waals surface area (Å²) in [6, 6.07) is 6.27. The van der Waals surface area contributed by atoms with E-state index < -0.39 is 23.7 Å². The average molecular weight is 396 g/mol. The number of amides is 1. The minimum Gasteiger partial charge on any atom is -0.368 e. The number of fused-ring (bicyclic) bond motifs is 3. The summed E-state index contributed by atoms with van der Waals surface area (Å²) in [4.78, 5) is 43.8. The van der Waals surface area contributed by atoms with Gasteiger partial charge in [0.05, 0.1) is 0 Å². The number of rotatable bonds is 3. The summed E-state index contributed by atoms with van der Waals surface area (Å²) in [7, 11) is 1.55. The van der Waals surface area contributed by atoms with E-state index in [2.05, 4.69) is 35.0 Å². The molecule has 152 valence electrons. The van der Waals surface area contributed by atoms with Crippen molar-refractivity contribution >= 4 is 28.7 Å². The monoisotopic (exact) mass is 396 g/mol. The van der Waals surface area contributed by atoms with E-state index in [1.165, 1.54) is 4.57 Å². The molecule has 3 aromatic rings. The highest BCUT2D eigenvalue weighted by molar-refractivity contribution is 5.78. The first-order valence-electron chi connectivity index (χ1n) is 9.51. The molecule has 0 radical (unpaired) electrons. The van der Waals surface area contributed by atoms with Crippen molar-refractivity contribution in [3.8, 4) is 0 Å². The first kappa shape index (κ1) is 19.0. The van der Waals surface area contributed by atoms with Gasteiger partial charge in [0.15, 0.2) is 11.2 Å². The highest BCUT2D eigenvalue weighted by Crippen LogP contribution is 2.33. The maximum absolute atomic E-state index is 13.1. The third-order valence-corrected chi connectivity index (χ3v) is 5.27. The normalized spacial score (nSPS) is 16.3. The zero-order valence-corrected chi connectivity index (χ0v) is 17.0. The van der Waals surface area contributed by atoms with E-state index in [9.17, 15) is 14.4 Å². The zero-order chi connectivity index (χ0) is 21.0. The van der Waals surface area contributed by atoms with Crippen molar-refractivity contribution in [2.24, 2.45) is 18.7 Å². The van der Waals surface area contributed by atoms with Gasteiger partial charge in [0, 0.05) is 25.8 Å². The quantitative estimate of drug-likeness (QED) is 0.704. The molecular weight excluding hydrogens is 372 g/mol. The van der Waals surface area contributed by atoms with E-state index >= 15 is 0 Å². The van der Waals surface area contributed by atoms with Crippen LogP contribution in [0.5, 0.6) is 0 Å². The Morgan fingerprint density at radius 1 is 1.17 bits per heavy atom. The number of aryl methyl sites for hydroxylation is 3. The minimum atomic E-state index is -0.743. The lowest BCUT2D eigenvalue weighted by molar-refractivity contribution is -0.118. The molecule has 29 heavy (non-hydrogen) atoms. The number of aromatic nitrogens is 4. The largest absolute Gasteiger partial charge is 0.368 e. The molecule has 1 aliphatic heterocycles. The summed E-state index contributed by atoms with van der Waals surface area (Å²) in [5.74, 6) is 0.126. The molecule has 9 nitrogen and oxygen atoms in total. The van der Waals surface area contributed by atoms with Gasteiger partial charge in [-0.1, -0.05) is 13.0 Å². The summed E-state index contributed by atoms with van der Waals surface area (Å²) in [5.41, 5.74) is 7.97. The molecule has 0 saturated carbocycles. The second-order valence-corrected chi connectivity index (χ2v) is 7.96. The number of primary amides is 1. The Bertz CT molecular complexity index is 1250. The SMILES string of the molecule is Cc1cc(C)cc(N2C[C@H](C)Cn3c2nc2c3c(=O)n(CC(N)=O)c(=O)n2C)c1. The number of nitrogens with two attached hydrogens (primary N) is 1. The number of nitrogens with zero attached hydrogens (tertiary/aromatic N) is 5. The van der Waals surface area contributed by atoms with Gasteiger partial charge in [-0.05, 0) is 43.0 Å². The fraction of sp³-hybridized carbons (Fsp3) is 0.400. The van der Waals surface area contributed by atoms with Crippen molar-refractivity contribution < 1.29 is 4.79 Å². The molecule has 0 spiro atoms. The molecule has 2 N–H and O–H groups in total. The van der Waals surface area contributed by atoms with Crippen LogP contribution < -0.4 is 21.9 Å². The van der Waals surface area contributed by atoms with Gasteiger partial charge in [0.1, 0.15) is 6.54 Å². The lowest BCUT2D eigenvalue weighted by atomic mass is 10.1. The van der Waals surface area contributed by atoms with Crippen LogP contribution in [0.1, 0.15) is 18.1 Å². The fourth-order valence-corrected chi connectivity index (χ4v) is 4.12. The maximum Gasteiger partial charge on any atom is 0.332 e. The van der Waals surface area contributed by atoms with Gasteiger partial charge in [-0.15, -0.1) is 0 Å². The number of carbonyl (C=O) groups excluding carboxylic acids is 1. The zero-order valence-electron chi connectivity index (χ0n) is 17.0. The van der Waals surface area contributed by atoms with Crippen molar-refractivity contribution in [3.63, 3.8) is 0 Å². The van der Waals surface area contributed by atoms with E-state index in [1.54, 1.807) is 7.05 Å². The standard InChI is InChI=1S/C20H24N6O3/c1-11-5-12(2)7-14(6-11)24-8-13(3)9-25-16-17(22-19(24)25)23(4)20(29)26(18(16)28)10-15(21)27/h5-7,13H,8-10H2,1-4H3,(H2,21,27)/t13-/m0/s1. The first-order valence-corrected chi connectivity index (χ1v) is 9.51. The molecule has 0 unspecified atom stereocenters. The molecule has 0 bridgehead atoms. The van der Waals surface area contributed by atoms with Crippen LogP contribution in [0, 0.1) is 19.8 Å². The lowest BCUT2D eigenvalue weighted by Crippen LogP contribution is -2.43. The highest BCUT2D eigenvalue weighted by Gasteiger charge is 2.30.